The molecule has 0 radical (unpaired) electrons. The van der Waals surface area contributed by atoms with Crippen molar-refractivity contribution in [3.8, 4) is 5.75 Å². The molecule has 0 spiro atoms. The normalized spacial score (nSPS) is 16.4. The topological polar surface area (TPSA) is 97.0 Å². The Morgan fingerprint density at radius 3 is 2.93 bits per heavy atom. The summed E-state index contributed by atoms with van der Waals surface area (Å²) in [7, 11) is 0. The molecule has 144 valence electrons. The van der Waals surface area contributed by atoms with Crippen LogP contribution in [0.1, 0.15) is 28.9 Å². The summed E-state index contributed by atoms with van der Waals surface area (Å²) in [5, 5.41) is 9.88. The van der Waals surface area contributed by atoms with Crippen LogP contribution in [0, 0.1) is 0 Å². The molecule has 1 aliphatic heterocycles. The average molecular weight is 380 g/mol. The third-order valence-electron chi connectivity index (χ3n) is 4.76. The summed E-state index contributed by atoms with van der Waals surface area (Å²) in [5.74, 6) is -0.556. The van der Waals surface area contributed by atoms with E-state index in [1.807, 2.05) is 18.2 Å². The van der Waals surface area contributed by atoms with E-state index in [9.17, 15) is 14.7 Å². The van der Waals surface area contributed by atoms with Crippen LogP contribution in [0.4, 0.5) is 0 Å². The van der Waals surface area contributed by atoms with Gasteiger partial charge in [0.25, 0.3) is 11.5 Å². The summed E-state index contributed by atoms with van der Waals surface area (Å²) in [6.07, 6.45) is 6.13. The quantitative estimate of drug-likeness (QED) is 0.722. The number of amides is 1. The first kappa shape index (κ1) is 18.1. The molecule has 8 heteroatoms. The first-order chi connectivity index (χ1) is 13.6. The number of pyridine rings is 2. The largest absolute Gasteiger partial charge is 0.504 e. The Morgan fingerprint density at radius 2 is 2.18 bits per heavy atom. The van der Waals surface area contributed by atoms with E-state index in [2.05, 4.69) is 9.97 Å². The van der Waals surface area contributed by atoms with Gasteiger partial charge in [0, 0.05) is 31.7 Å². The molecule has 1 fully saturated rings. The summed E-state index contributed by atoms with van der Waals surface area (Å²) in [4.78, 5) is 36.0. The first-order valence-electron chi connectivity index (χ1n) is 9.13. The van der Waals surface area contributed by atoms with Crippen LogP contribution in [0.15, 0.2) is 53.7 Å². The lowest BCUT2D eigenvalue weighted by Crippen LogP contribution is -2.40. The zero-order valence-corrected chi connectivity index (χ0v) is 15.2. The van der Waals surface area contributed by atoms with Crippen LogP contribution in [-0.2, 0) is 11.3 Å². The Balaban J connectivity index is 1.69. The van der Waals surface area contributed by atoms with E-state index in [1.165, 1.54) is 28.9 Å². The van der Waals surface area contributed by atoms with Gasteiger partial charge in [-0.1, -0.05) is 6.07 Å². The number of rotatable bonds is 5. The second kappa shape index (κ2) is 7.77. The number of fused-ring (bicyclic) bond motifs is 1. The highest BCUT2D eigenvalue weighted by molar-refractivity contribution is 5.93. The van der Waals surface area contributed by atoms with Crippen molar-refractivity contribution >= 4 is 11.6 Å². The van der Waals surface area contributed by atoms with Crippen LogP contribution >= 0.6 is 0 Å². The average Bonchev–Trinajstić information content (AvgIpc) is 3.22. The van der Waals surface area contributed by atoms with Crippen molar-refractivity contribution in [1.29, 1.82) is 0 Å². The van der Waals surface area contributed by atoms with Crippen molar-refractivity contribution in [2.75, 3.05) is 13.2 Å². The Labute approximate surface area is 161 Å². The monoisotopic (exact) mass is 380 g/mol. The third-order valence-corrected chi connectivity index (χ3v) is 4.76. The maximum Gasteiger partial charge on any atom is 0.270 e. The molecule has 1 aliphatic rings. The number of carbonyl (C=O) groups is 1. The van der Waals surface area contributed by atoms with E-state index in [-0.39, 0.29) is 29.6 Å². The molecule has 1 amide bonds. The highest BCUT2D eigenvalue weighted by atomic mass is 16.5. The Hall–Kier alpha value is -3.26. The minimum Gasteiger partial charge on any atom is -0.504 e. The van der Waals surface area contributed by atoms with Gasteiger partial charge in [0.2, 0.25) is 0 Å². The van der Waals surface area contributed by atoms with Gasteiger partial charge in [0.15, 0.2) is 11.4 Å². The number of ether oxygens (including phenoxy) is 1. The van der Waals surface area contributed by atoms with Crippen molar-refractivity contribution in [2.24, 2.45) is 0 Å². The number of hydrogen-bond donors (Lipinski definition) is 1. The zero-order chi connectivity index (χ0) is 19.5. The number of aromatic hydroxyl groups is 1. The second-order valence-corrected chi connectivity index (χ2v) is 6.71. The van der Waals surface area contributed by atoms with Crippen LogP contribution < -0.4 is 5.56 Å². The molecule has 3 aromatic rings. The van der Waals surface area contributed by atoms with E-state index in [0.29, 0.717) is 13.2 Å². The van der Waals surface area contributed by atoms with Gasteiger partial charge in [-0.15, -0.1) is 0 Å². The van der Waals surface area contributed by atoms with E-state index in [4.69, 9.17) is 4.74 Å². The summed E-state index contributed by atoms with van der Waals surface area (Å²) in [5.41, 5.74) is 0.251. The minimum atomic E-state index is -0.524. The molecule has 1 atom stereocenters. The van der Waals surface area contributed by atoms with Crippen molar-refractivity contribution in [3.63, 3.8) is 0 Å². The van der Waals surface area contributed by atoms with Crippen molar-refractivity contribution in [3.05, 3.63) is 70.5 Å². The Bertz CT molecular complexity index is 1050. The van der Waals surface area contributed by atoms with Gasteiger partial charge in [-0.3, -0.25) is 19.0 Å². The van der Waals surface area contributed by atoms with E-state index < -0.39 is 11.5 Å². The van der Waals surface area contributed by atoms with E-state index in [0.717, 1.165) is 18.5 Å². The van der Waals surface area contributed by atoms with Crippen molar-refractivity contribution in [1.82, 2.24) is 19.3 Å². The van der Waals surface area contributed by atoms with Crippen LogP contribution in [-0.4, -0.2) is 49.5 Å². The predicted molar refractivity (Wildman–Crippen MR) is 101 cm³/mol. The molecule has 4 rings (SSSR count). The highest BCUT2D eigenvalue weighted by Crippen LogP contribution is 2.17. The third kappa shape index (κ3) is 3.59. The maximum absolute atomic E-state index is 13.2. The molecule has 1 N–H and O–H groups in total. The molecule has 4 heterocycles. The fraction of sp³-hybridized carbons (Fsp3) is 0.300. The fourth-order valence-electron chi connectivity index (χ4n) is 3.35. The van der Waals surface area contributed by atoms with Crippen LogP contribution in [0.5, 0.6) is 5.75 Å². The summed E-state index contributed by atoms with van der Waals surface area (Å²) in [6.45, 7) is 1.31. The van der Waals surface area contributed by atoms with Crippen LogP contribution in [0.3, 0.4) is 0 Å². The van der Waals surface area contributed by atoms with Crippen LogP contribution in [0.2, 0.25) is 0 Å². The zero-order valence-electron chi connectivity index (χ0n) is 15.2. The van der Waals surface area contributed by atoms with Gasteiger partial charge in [-0.2, -0.15) is 0 Å². The lowest BCUT2D eigenvalue weighted by molar-refractivity contribution is 0.0502. The molecule has 3 aromatic heterocycles. The molecule has 0 bridgehead atoms. The number of hydrogen-bond acceptors (Lipinski definition) is 6. The first-order valence-corrected chi connectivity index (χ1v) is 9.13. The second-order valence-electron chi connectivity index (χ2n) is 6.71. The molecular weight excluding hydrogens is 360 g/mol. The van der Waals surface area contributed by atoms with Crippen LogP contribution in [0.25, 0.3) is 5.65 Å². The van der Waals surface area contributed by atoms with Gasteiger partial charge in [0.1, 0.15) is 5.56 Å². The summed E-state index contributed by atoms with van der Waals surface area (Å²) >= 11 is 0. The molecule has 8 nitrogen and oxygen atoms in total. The summed E-state index contributed by atoms with van der Waals surface area (Å²) < 4.78 is 6.85. The standard InChI is InChI=1S/C20H20N4O4/c25-17-7-3-9-24-18(17)22-11-16(20(24)27)19(26)23(13-15-6-4-10-28-15)12-14-5-1-2-8-21-14/h1-3,5,7-9,11,15,25H,4,6,10,12-13H2/t15-/m0/s1. The van der Waals surface area contributed by atoms with Gasteiger partial charge >= 0.3 is 0 Å². The number of aromatic nitrogens is 3. The maximum atomic E-state index is 13.2. The molecule has 0 aromatic carbocycles. The number of nitrogens with zero attached hydrogens (tertiary/aromatic N) is 4. The SMILES string of the molecule is O=C(c1cnc2c(O)cccn2c1=O)N(Cc1ccccn1)C[C@@H]1CCCO1. The van der Waals surface area contributed by atoms with E-state index in [1.54, 1.807) is 11.1 Å². The number of carbonyl (C=O) groups excluding carboxylic acids is 1. The van der Waals surface area contributed by atoms with Crippen molar-refractivity contribution < 1.29 is 14.6 Å². The van der Waals surface area contributed by atoms with Gasteiger partial charge in [0.05, 0.1) is 18.3 Å². The molecule has 0 saturated carbocycles. The Kier molecular flexibility index (Phi) is 5.03. The fourth-order valence-corrected chi connectivity index (χ4v) is 3.35. The smallest absolute Gasteiger partial charge is 0.270 e. The highest BCUT2D eigenvalue weighted by Gasteiger charge is 2.26. The molecule has 28 heavy (non-hydrogen) atoms. The van der Waals surface area contributed by atoms with E-state index >= 15 is 0 Å². The predicted octanol–water partition coefficient (Wildman–Crippen LogP) is 1.62. The molecule has 1 saturated heterocycles. The Morgan fingerprint density at radius 1 is 1.29 bits per heavy atom. The van der Waals surface area contributed by atoms with Gasteiger partial charge in [-0.25, -0.2) is 4.98 Å². The lowest BCUT2D eigenvalue weighted by Gasteiger charge is -2.25. The lowest BCUT2D eigenvalue weighted by atomic mass is 10.2. The minimum absolute atomic E-state index is 0.0583. The molecule has 0 aliphatic carbocycles. The van der Waals surface area contributed by atoms with Crippen molar-refractivity contribution in [2.45, 2.75) is 25.5 Å². The molecular formula is C20H20N4O4. The van der Waals surface area contributed by atoms with Gasteiger partial charge in [-0.05, 0) is 37.1 Å². The molecule has 0 unspecified atom stereocenters. The van der Waals surface area contributed by atoms with Gasteiger partial charge < -0.3 is 14.7 Å². The summed E-state index contributed by atoms with van der Waals surface area (Å²) in [6, 6.07) is 8.46.